The molecular weight excluding hydrogens is 422 g/mol. The molecular formula is C30H51NO3. The molecule has 34 heavy (non-hydrogen) atoms. The fourth-order valence-corrected chi connectivity index (χ4v) is 4.18. The largest absolute Gasteiger partial charge is 0.504 e. The summed E-state index contributed by atoms with van der Waals surface area (Å²) in [4.78, 5) is 12.0. The monoisotopic (exact) mass is 473 g/mol. The van der Waals surface area contributed by atoms with Gasteiger partial charge in [0.15, 0.2) is 11.5 Å². The van der Waals surface area contributed by atoms with Crippen LogP contribution in [0.2, 0.25) is 0 Å². The summed E-state index contributed by atoms with van der Waals surface area (Å²) in [5.74, 6) is 0.639. The van der Waals surface area contributed by atoms with E-state index < -0.39 is 0 Å². The van der Waals surface area contributed by atoms with Crippen molar-refractivity contribution >= 4 is 5.91 Å². The minimum Gasteiger partial charge on any atom is -0.504 e. The highest BCUT2D eigenvalue weighted by molar-refractivity contribution is 5.75. The van der Waals surface area contributed by atoms with Crippen LogP contribution in [0.5, 0.6) is 11.5 Å². The average Bonchev–Trinajstić information content (AvgIpc) is 2.85. The molecule has 0 spiro atoms. The van der Waals surface area contributed by atoms with Gasteiger partial charge in [-0.3, -0.25) is 4.79 Å². The number of hydrogen-bond donors (Lipinski definition) is 2. The summed E-state index contributed by atoms with van der Waals surface area (Å²) < 4.78 is 5.10. The van der Waals surface area contributed by atoms with Gasteiger partial charge in [-0.2, -0.15) is 0 Å². The first-order valence-electron chi connectivity index (χ1n) is 13.9. The molecule has 4 nitrogen and oxygen atoms in total. The number of carbonyl (C=O) groups is 1. The molecule has 1 rings (SSSR count). The molecule has 1 aromatic rings. The van der Waals surface area contributed by atoms with Crippen molar-refractivity contribution in [1.29, 1.82) is 0 Å². The second-order valence-corrected chi connectivity index (χ2v) is 9.53. The van der Waals surface area contributed by atoms with Crippen LogP contribution in [0.3, 0.4) is 0 Å². The second kappa shape index (κ2) is 21.6. The number of unbranched alkanes of at least 4 members (excludes halogenated alkanes) is 15. The van der Waals surface area contributed by atoms with Gasteiger partial charge in [-0.15, -0.1) is 0 Å². The lowest BCUT2D eigenvalue weighted by Crippen LogP contribution is -2.22. The van der Waals surface area contributed by atoms with Crippen LogP contribution in [0.15, 0.2) is 30.4 Å². The molecule has 1 amide bonds. The molecule has 0 aromatic heterocycles. The molecule has 0 aliphatic rings. The van der Waals surface area contributed by atoms with E-state index in [1.165, 1.54) is 103 Å². The highest BCUT2D eigenvalue weighted by Crippen LogP contribution is 2.26. The molecule has 0 bridgehead atoms. The molecule has 2 N–H and O–H groups in total. The van der Waals surface area contributed by atoms with Gasteiger partial charge in [-0.1, -0.05) is 102 Å². The summed E-state index contributed by atoms with van der Waals surface area (Å²) in [5.41, 5.74) is 0.924. The summed E-state index contributed by atoms with van der Waals surface area (Å²) in [6.45, 7) is 2.73. The number of hydrogen-bond acceptors (Lipinski definition) is 3. The zero-order chi connectivity index (χ0) is 24.7. The van der Waals surface area contributed by atoms with Gasteiger partial charge in [0.05, 0.1) is 7.11 Å². The second-order valence-electron chi connectivity index (χ2n) is 9.53. The fourth-order valence-electron chi connectivity index (χ4n) is 4.18. The number of phenols is 1. The van der Waals surface area contributed by atoms with Crippen LogP contribution in [-0.4, -0.2) is 18.1 Å². The van der Waals surface area contributed by atoms with Gasteiger partial charge in [0.2, 0.25) is 5.91 Å². The molecule has 0 atom stereocenters. The Hall–Kier alpha value is -1.97. The lowest BCUT2D eigenvalue weighted by Gasteiger charge is -2.08. The third-order valence-corrected chi connectivity index (χ3v) is 6.40. The minimum atomic E-state index is 0.0915. The highest BCUT2D eigenvalue weighted by Gasteiger charge is 2.05. The van der Waals surface area contributed by atoms with Gasteiger partial charge in [-0.05, 0) is 49.8 Å². The van der Waals surface area contributed by atoms with E-state index in [1.54, 1.807) is 18.2 Å². The Balaban J connectivity index is 1.84. The van der Waals surface area contributed by atoms with E-state index in [4.69, 9.17) is 4.74 Å². The van der Waals surface area contributed by atoms with E-state index in [0.717, 1.165) is 18.4 Å². The standard InChI is InChI=1S/C30H51NO3/c1-3-4-5-6-7-8-9-10-11-12-13-14-15-16-17-18-19-20-21-22-30(33)31-26-27-23-24-28(32)29(25-27)34-2/h9-10,23-25,32H,3-8,11-22,26H2,1-2H3,(H,31,33)/b10-9-. The maximum Gasteiger partial charge on any atom is 0.220 e. The van der Waals surface area contributed by atoms with Crippen LogP contribution in [0.4, 0.5) is 0 Å². The molecule has 1 aromatic carbocycles. The predicted molar refractivity (Wildman–Crippen MR) is 144 cm³/mol. The van der Waals surface area contributed by atoms with Crippen molar-refractivity contribution in [2.45, 2.75) is 129 Å². The van der Waals surface area contributed by atoms with Crippen LogP contribution in [0, 0.1) is 0 Å². The third kappa shape index (κ3) is 16.6. The normalized spacial score (nSPS) is 11.2. The van der Waals surface area contributed by atoms with E-state index in [2.05, 4.69) is 24.4 Å². The number of allylic oxidation sites excluding steroid dienone is 2. The van der Waals surface area contributed by atoms with Gasteiger partial charge >= 0.3 is 0 Å². The van der Waals surface area contributed by atoms with E-state index in [1.807, 2.05) is 0 Å². The molecule has 4 heteroatoms. The van der Waals surface area contributed by atoms with Gasteiger partial charge in [0.25, 0.3) is 0 Å². The number of aromatic hydroxyl groups is 1. The quantitative estimate of drug-likeness (QED) is 0.131. The zero-order valence-corrected chi connectivity index (χ0v) is 22.1. The van der Waals surface area contributed by atoms with Crippen molar-refractivity contribution in [3.05, 3.63) is 35.9 Å². The van der Waals surface area contributed by atoms with Crippen LogP contribution in [0.1, 0.15) is 128 Å². The number of phenolic OH excluding ortho intramolecular Hbond substituents is 1. The number of benzene rings is 1. The Morgan fingerprint density at radius 1 is 0.824 bits per heavy atom. The Labute approximate surface area is 209 Å². The van der Waals surface area contributed by atoms with Gasteiger partial charge in [0, 0.05) is 13.0 Å². The fraction of sp³-hybridized carbons (Fsp3) is 0.700. The number of nitrogens with one attached hydrogen (secondary N) is 1. The van der Waals surface area contributed by atoms with Gasteiger partial charge < -0.3 is 15.2 Å². The number of ether oxygens (including phenoxy) is 1. The van der Waals surface area contributed by atoms with E-state index in [-0.39, 0.29) is 11.7 Å². The Kier molecular flexibility index (Phi) is 19.1. The summed E-state index contributed by atoms with van der Waals surface area (Å²) >= 11 is 0. The Morgan fingerprint density at radius 2 is 1.35 bits per heavy atom. The van der Waals surface area contributed by atoms with Crippen LogP contribution < -0.4 is 10.1 Å². The SMILES string of the molecule is CCCCCCC/C=C\CCCCCCCCCCCCC(=O)NCc1ccc(O)c(OC)c1. The first-order chi connectivity index (χ1) is 16.7. The molecule has 0 aliphatic carbocycles. The van der Waals surface area contributed by atoms with E-state index in [9.17, 15) is 9.90 Å². The number of amides is 1. The van der Waals surface area contributed by atoms with Crippen LogP contribution >= 0.6 is 0 Å². The molecule has 0 aliphatic heterocycles. The molecule has 0 saturated heterocycles. The molecule has 0 heterocycles. The maximum atomic E-state index is 12.0. The molecule has 0 saturated carbocycles. The van der Waals surface area contributed by atoms with Crippen molar-refractivity contribution in [2.75, 3.05) is 7.11 Å². The average molecular weight is 474 g/mol. The number of carbonyl (C=O) groups excluding carboxylic acids is 1. The van der Waals surface area contributed by atoms with Crippen LogP contribution in [-0.2, 0) is 11.3 Å². The lowest BCUT2D eigenvalue weighted by molar-refractivity contribution is -0.121. The Bertz CT molecular complexity index is 656. The highest BCUT2D eigenvalue weighted by atomic mass is 16.5. The molecule has 194 valence electrons. The lowest BCUT2D eigenvalue weighted by atomic mass is 10.0. The number of methoxy groups -OCH3 is 1. The summed E-state index contributed by atoms with van der Waals surface area (Å²) in [6.07, 6.45) is 27.5. The van der Waals surface area contributed by atoms with E-state index >= 15 is 0 Å². The van der Waals surface area contributed by atoms with Gasteiger partial charge in [0.1, 0.15) is 0 Å². The predicted octanol–water partition coefficient (Wildman–Crippen LogP) is 8.61. The molecule has 0 radical (unpaired) electrons. The van der Waals surface area contributed by atoms with Crippen molar-refractivity contribution < 1.29 is 14.6 Å². The van der Waals surface area contributed by atoms with Crippen molar-refractivity contribution in [2.24, 2.45) is 0 Å². The van der Waals surface area contributed by atoms with Crippen molar-refractivity contribution in [3.63, 3.8) is 0 Å². The molecule has 0 unspecified atom stereocenters. The number of rotatable bonds is 22. The molecule has 0 fully saturated rings. The summed E-state index contributed by atoms with van der Waals surface area (Å²) in [5, 5.41) is 12.6. The van der Waals surface area contributed by atoms with Gasteiger partial charge in [-0.25, -0.2) is 0 Å². The summed E-state index contributed by atoms with van der Waals surface area (Å²) in [7, 11) is 1.52. The first-order valence-corrected chi connectivity index (χ1v) is 13.9. The third-order valence-electron chi connectivity index (χ3n) is 6.40. The first kappa shape index (κ1) is 30.1. The Morgan fingerprint density at radius 3 is 1.91 bits per heavy atom. The van der Waals surface area contributed by atoms with Crippen LogP contribution in [0.25, 0.3) is 0 Å². The zero-order valence-electron chi connectivity index (χ0n) is 22.1. The smallest absolute Gasteiger partial charge is 0.220 e. The van der Waals surface area contributed by atoms with Crippen molar-refractivity contribution in [3.8, 4) is 11.5 Å². The van der Waals surface area contributed by atoms with E-state index in [0.29, 0.717) is 18.7 Å². The van der Waals surface area contributed by atoms with Crippen molar-refractivity contribution in [1.82, 2.24) is 5.32 Å². The summed E-state index contributed by atoms with van der Waals surface area (Å²) in [6, 6.07) is 5.14. The minimum absolute atomic E-state index is 0.0915. The topological polar surface area (TPSA) is 58.6 Å². The maximum absolute atomic E-state index is 12.0.